The summed E-state index contributed by atoms with van der Waals surface area (Å²) in [4.78, 5) is 0. The average Bonchev–Trinajstić information content (AvgIpc) is 2.86. The van der Waals surface area contributed by atoms with Gasteiger partial charge in [0.25, 0.3) is 0 Å². The minimum atomic E-state index is 0.592. The lowest BCUT2D eigenvalue weighted by Crippen LogP contribution is -2.12. The number of aryl methyl sites for hydroxylation is 1. The van der Waals surface area contributed by atoms with Crippen molar-refractivity contribution in [3.05, 3.63) is 41.7 Å². The molecule has 2 rings (SSSR count). The summed E-state index contributed by atoms with van der Waals surface area (Å²) in [5, 5.41) is 11.4. The smallest absolute Gasteiger partial charge is 0.122 e. The molecule has 1 aromatic heterocycles. The molecule has 0 aliphatic heterocycles. The van der Waals surface area contributed by atoms with Gasteiger partial charge >= 0.3 is 0 Å². The average molecular weight is 260 g/mol. The molecule has 1 aromatic carbocycles. The van der Waals surface area contributed by atoms with Gasteiger partial charge in [-0.15, -0.1) is 5.10 Å². The predicted octanol–water partition coefficient (Wildman–Crippen LogP) is 1.78. The van der Waals surface area contributed by atoms with E-state index in [1.54, 1.807) is 0 Å². The summed E-state index contributed by atoms with van der Waals surface area (Å²) in [7, 11) is 0. The van der Waals surface area contributed by atoms with E-state index >= 15 is 0 Å². The van der Waals surface area contributed by atoms with Gasteiger partial charge in [-0.3, -0.25) is 0 Å². The number of aromatic nitrogens is 3. The molecule has 0 spiro atoms. The number of rotatable bonds is 7. The fraction of sp³-hybridized carbons (Fsp3) is 0.429. The molecule has 5 heteroatoms. The summed E-state index contributed by atoms with van der Waals surface area (Å²) in [5.41, 5.74) is 2.10. The van der Waals surface area contributed by atoms with Gasteiger partial charge in [0.2, 0.25) is 0 Å². The Morgan fingerprint density at radius 3 is 2.95 bits per heavy atom. The maximum absolute atomic E-state index is 5.73. The SMILES string of the molecule is CCNCc1cn(CCOc2ccccc2C)nn1. The second kappa shape index (κ2) is 6.89. The summed E-state index contributed by atoms with van der Waals surface area (Å²) in [5.74, 6) is 0.926. The lowest BCUT2D eigenvalue weighted by Gasteiger charge is -2.08. The Bertz CT molecular complexity index is 510. The fourth-order valence-corrected chi connectivity index (χ4v) is 1.75. The molecule has 0 fully saturated rings. The number of hydrogen-bond donors (Lipinski definition) is 1. The highest BCUT2D eigenvalue weighted by atomic mass is 16.5. The summed E-state index contributed by atoms with van der Waals surface area (Å²) in [6.45, 7) is 7.10. The van der Waals surface area contributed by atoms with Crippen molar-refractivity contribution in [2.24, 2.45) is 0 Å². The highest BCUT2D eigenvalue weighted by Crippen LogP contribution is 2.15. The molecule has 0 bridgehead atoms. The van der Waals surface area contributed by atoms with Gasteiger partial charge in [0.1, 0.15) is 12.4 Å². The van der Waals surface area contributed by atoms with Gasteiger partial charge in [-0.2, -0.15) is 0 Å². The molecule has 1 N–H and O–H groups in total. The van der Waals surface area contributed by atoms with E-state index in [-0.39, 0.29) is 0 Å². The third kappa shape index (κ3) is 4.06. The van der Waals surface area contributed by atoms with Crippen LogP contribution in [0.4, 0.5) is 0 Å². The van der Waals surface area contributed by atoms with Crippen molar-refractivity contribution < 1.29 is 4.74 Å². The molecule has 0 saturated heterocycles. The van der Waals surface area contributed by atoms with Gasteiger partial charge in [-0.25, -0.2) is 4.68 Å². The third-order valence-electron chi connectivity index (χ3n) is 2.81. The summed E-state index contributed by atoms with van der Waals surface area (Å²) < 4.78 is 7.54. The molecule has 0 aliphatic carbocycles. The van der Waals surface area contributed by atoms with Crippen LogP contribution in [0.2, 0.25) is 0 Å². The second-order valence-electron chi connectivity index (χ2n) is 4.37. The van der Waals surface area contributed by atoms with Crippen molar-refractivity contribution in [1.29, 1.82) is 0 Å². The van der Waals surface area contributed by atoms with E-state index in [9.17, 15) is 0 Å². The Morgan fingerprint density at radius 1 is 1.32 bits per heavy atom. The Labute approximate surface area is 113 Å². The zero-order chi connectivity index (χ0) is 13.5. The molecule has 2 aromatic rings. The molecule has 1 heterocycles. The van der Waals surface area contributed by atoms with Crippen LogP contribution in [0, 0.1) is 6.92 Å². The fourth-order valence-electron chi connectivity index (χ4n) is 1.75. The zero-order valence-corrected chi connectivity index (χ0v) is 11.5. The van der Waals surface area contributed by atoms with Crippen LogP contribution < -0.4 is 10.1 Å². The number of para-hydroxylation sites is 1. The van der Waals surface area contributed by atoms with Crippen molar-refractivity contribution in [3.63, 3.8) is 0 Å². The Balaban J connectivity index is 1.79. The maximum atomic E-state index is 5.73. The first-order chi connectivity index (χ1) is 9.29. The van der Waals surface area contributed by atoms with Crippen molar-refractivity contribution in [2.45, 2.75) is 26.9 Å². The Hall–Kier alpha value is -1.88. The lowest BCUT2D eigenvalue weighted by atomic mass is 10.2. The second-order valence-corrected chi connectivity index (χ2v) is 4.37. The molecule has 0 radical (unpaired) electrons. The van der Waals surface area contributed by atoms with E-state index in [4.69, 9.17) is 4.74 Å². The summed E-state index contributed by atoms with van der Waals surface area (Å²) in [6.07, 6.45) is 1.95. The zero-order valence-electron chi connectivity index (χ0n) is 11.5. The highest BCUT2D eigenvalue weighted by Gasteiger charge is 2.01. The lowest BCUT2D eigenvalue weighted by molar-refractivity contribution is 0.288. The number of benzene rings is 1. The number of nitrogens with one attached hydrogen (secondary N) is 1. The minimum absolute atomic E-state index is 0.592. The van der Waals surface area contributed by atoms with E-state index in [0.717, 1.165) is 30.1 Å². The Morgan fingerprint density at radius 2 is 2.16 bits per heavy atom. The van der Waals surface area contributed by atoms with Crippen LogP contribution in [0.5, 0.6) is 5.75 Å². The number of hydrogen-bond acceptors (Lipinski definition) is 4. The standard InChI is InChI=1S/C14H20N4O/c1-3-15-10-13-11-18(17-16-13)8-9-19-14-7-5-4-6-12(14)2/h4-7,11,15H,3,8-10H2,1-2H3. The van der Waals surface area contributed by atoms with Crippen molar-refractivity contribution >= 4 is 0 Å². The molecule has 19 heavy (non-hydrogen) atoms. The highest BCUT2D eigenvalue weighted by molar-refractivity contribution is 5.31. The molecule has 102 valence electrons. The molecule has 0 aliphatic rings. The first kappa shape index (κ1) is 13.5. The van der Waals surface area contributed by atoms with E-state index in [2.05, 4.69) is 22.6 Å². The number of nitrogens with zero attached hydrogens (tertiary/aromatic N) is 3. The summed E-state index contributed by atoms with van der Waals surface area (Å²) in [6, 6.07) is 8.01. The molecule has 0 atom stereocenters. The number of ether oxygens (including phenoxy) is 1. The topological polar surface area (TPSA) is 52.0 Å². The van der Waals surface area contributed by atoms with Crippen LogP contribution >= 0.6 is 0 Å². The van der Waals surface area contributed by atoms with Crippen molar-refractivity contribution in [1.82, 2.24) is 20.3 Å². The van der Waals surface area contributed by atoms with Crippen molar-refractivity contribution in [2.75, 3.05) is 13.2 Å². The molecular weight excluding hydrogens is 240 g/mol. The maximum Gasteiger partial charge on any atom is 0.122 e. The molecule has 0 amide bonds. The van der Waals surface area contributed by atoms with Crippen LogP contribution in [0.25, 0.3) is 0 Å². The first-order valence-corrected chi connectivity index (χ1v) is 6.57. The van der Waals surface area contributed by atoms with Crippen LogP contribution in [-0.4, -0.2) is 28.1 Å². The van der Waals surface area contributed by atoms with E-state index in [1.165, 1.54) is 0 Å². The third-order valence-corrected chi connectivity index (χ3v) is 2.81. The van der Waals surface area contributed by atoms with Gasteiger partial charge in [0.05, 0.1) is 12.2 Å². The normalized spacial score (nSPS) is 10.6. The monoisotopic (exact) mass is 260 g/mol. The van der Waals surface area contributed by atoms with Crippen LogP contribution in [0.3, 0.4) is 0 Å². The van der Waals surface area contributed by atoms with Gasteiger partial charge in [0, 0.05) is 12.7 Å². The quantitative estimate of drug-likeness (QED) is 0.824. The van der Waals surface area contributed by atoms with Crippen LogP contribution in [-0.2, 0) is 13.1 Å². The van der Waals surface area contributed by atoms with Gasteiger partial charge < -0.3 is 10.1 Å². The van der Waals surface area contributed by atoms with Crippen molar-refractivity contribution in [3.8, 4) is 5.75 Å². The molecule has 0 unspecified atom stereocenters. The van der Waals surface area contributed by atoms with Gasteiger partial charge in [0.15, 0.2) is 0 Å². The van der Waals surface area contributed by atoms with Crippen LogP contribution in [0.15, 0.2) is 30.5 Å². The van der Waals surface area contributed by atoms with E-state index in [1.807, 2.05) is 42.1 Å². The molecule has 0 saturated carbocycles. The predicted molar refractivity (Wildman–Crippen MR) is 74.1 cm³/mol. The van der Waals surface area contributed by atoms with Crippen LogP contribution in [0.1, 0.15) is 18.2 Å². The first-order valence-electron chi connectivity index (χ1n) is 6.57. The van der Waals surface area contributed by atoms with E-state index < -0.39 is 0 Å². The molecule has 5 nitrogen and oxygen atoms in total. The largest absolute Gasteiger partial charge is 0.491 e. The summed E-state index contributed by atoms with van der Waals surface area (Å²) >= 11 is 0. The Kier molecular flexibility index (Phi) is 4.92. The van der Waals surface area contributed by atoms with Gasteiger partial charge in [-0.05, 0) is 25.1 Å². The van der Waals surface area contributed by atoms with E-state index in [0.29, 0.717) is 13.2 Å². The van der Waals surface area contributed by atoms with Gasteiger partial charge in [-0.1, -0.05) is 30.3 Å². The molecular formula is C14H20N4O. The minimum Gasteiger partial charge on any atom is -0.491 e.